The van der Waals surface area contributed by atoms with Gasteiger partial charge in [0.1, 0.15) is 5.54 Å². The van der Waals surface area contributed by atoms with Crippen LogP contribution in [0.4, 0.5) is 4.79 Å². The second kappa shape index (κ2) is 6.97. The van der Waals surface area contributed by atoms with Crippen molar-refractivity contribution < 1.29 is 9.59 Å². The fourth-order valence-electron chi connectivity index (χ4n) is 3.59. The lowest BCUT2D eigenvalue weighted by Gasteiger charge is -2.22. The number of carbonyl (C=O) groups excluding carboxylic acids is 2. The third-order valence-electron chi connectivity index (χ3n) is 5.24. The highest BCUT2D eigenvalue weighted by Crippen LogP contribution is 2.26. The van der Waals surface area contributed by atoms with E-state index < -0.39 is 17.5 Å². The van der Waals surface area contributed by atoms with Crippen molar-refractivity contribution in [3.63, 3.8) is 0 Å². The smallest absolute Gasteiger partial charge is 0.337 e. The number of fused-ring (bicyclic) bond motifs is 1. The lowest BCUT2D eigenvalue weighted by Crippen LogP contribution is -2.55. The fraction of sp³-hybridized carbons (Fsp3) is 0.526. The molecule has 2 amide bonds. The minimum atomic E-state index is -1.25. The second-order valence-corrected chi connectivity index (χ2v) is 7.64. The number of aromatic nitrogens is 2. The summed E-state index contributed by atoms with van der Waals surface area (Å²) in [6, 6.07) is 6.59. The number of primary amides is 1. The predicted molar refractivity (Wildman–Crippen MR) is 100.0 cm³/mol. The van der Waals surface area contributed by atoms with Crippen LogP contribution in [-0.4, -0.2) is 26.6 Å². The van der Waals surface area contributed by atoms with Crippen molar-refractivity contribution >= 4 is 23.0 Å². The van der Waals surface area contributed by atoms with Crippen molar-refractivity contribution in [2.24, 2.45) is 11.7 Å². The number of benzene rings is 1. The van der Waals surface area contributed by atoms with Crippen molar-refractivity contribution in [2.75, 3.05) is 0 Å². The molecule has 140 valence electrons. The van der Waals surface area contributed by atoms with Crippen LogP contribution in [0, 0.1) is 5.92 Å². The fourth-order valence-corrected chi connectivity index (χ4v) is 3.59. The van der Waals surface area contributed by atoms with E-state index in [0.717, 1.165) is 22.9 Å². The largest absolute Gasteiger partial charge is 0.368 e. The maximum atomic E-state index is 13.0. The monoisotopic (exact) mass is 358 g/mol. The quantitative estimate of drug-likeness (QED) is 0.876. The molecule has 0 radical (unpaired) electrons. The Morgan fingerprint density at radius 2 is 1.77 bits per heavy atom. The molecule has 1 heterocycles. The molecule has 1 aromatic heterocycles. The number of rotatable bonds is 4. The van der Waals surface area contributed by atoms with Gasteiger partial charge >= 0.3 is 11.7 Å². The molecule has 0 aliphatic heterocycles. The van der Waals surface area contributed by atoms with Gasteiger partial charge in [0.2, 0.25) is 5.91 Å². The van der Waals surface area contributed by atoms with Crippen LogP contribution in [0.3, 0.4) is 0 Å². The van der Waals surface area contributed by atoms with E-state index in [0.29, 0.717) is 18.0 Å². The minimum Gasteiger partial charge on any atom is -0.368 e. The number of carbonyl (C=O) groups is 2. The standard InChI is InChI=1S/C19H26N4O3/c1-19(2,16(20)24)21-17(25)23-15-11-7-6-10-14(15)22(18(23)26)12-13-8-4-3-5-9-13/h6-7,10-11,13H,3-5,8-9,12H2,1-2H3,(H2,20,24)(H,21,25). The Morgan fingerprint density at radius 3 is 2.38 bits per heavy atom. The van der Waals surface area contributed by atoms with Crippen molar-refractivity contribution in [3.05, 3.63) is 34.7 Å². The van der Waals surface area contributed by atoms with E-state index in [1.54, 1.807) is 16.7 Å². The van der Waals surface area contributed by atoms with Gasteiger partial charge in [-0.15, -0.1) is 0 Å². The molecule has 1 fully saturated rings. The molecule has 0 saturated heterocycles. The normalized spacial score (nSPS) is 15.9. The van der Waals surface area contributed by atoms with E-state index >= 15 is 0 Å². The maximum absolute atomic E-state index is 13.0. The molecule has 1 aliphatic carbocycles. The number of hydrogen-bond acceptors (Lipinski definition) is 3. The van der Waals surface area contributed by atoms with Crippen LogP contribution in [0.1, 0.15) is 46.0 Å². The topological polar surface area (TPSA) is 99.1 Å². The summed E-state index contributed by atoms with van der Waals surface area (Å²) in [7, 11) is 0. The molecule has 0 atom stereocenters. The van der Waals surface area contributed by atoms with Gasteiger partial charge in [0.25, 0.3) is 0 Å². The molecule has 0 unspecified atom stereocenters. The lowest BCUT2D eigenvalue weighted by molar-refractivity contribution is -0.122. The van der Waals surface area contributed by atoms with Gasteiger partial charge in [-0.1, -0.05) is 31.4 Å². The molecule has 3 N–H and O–H groups in total. The molecule has 7 nitrogen and oxygen atoms in total. The van der Waals surface area contributed by atoms with Crippen LogP contribution in [0.15, 0.2) is 29.1 Å². The average Bonchev–Trinajstić information content (AvgIpc) is 2.87. The van der Waals surface area contributed by atoms with Crippen LogP contribution in [0.25, 0.3) is 11.0 Å². The summed E-state index contributed by atoms with van der Waals surface area (Å²) in [5.41, 5.74) is 4.97. The number of amides is 2. The Bertz CT molecular complexity index is 888. The van der Waals surface area contributed by atoms with Gasteiger partial charge in [-0.05, 0) is 44.7 Å². The summed E-state index contributed by atoms with van der Waals surface area (Å²) in [5.74, 6) is -0.212. The van der Waals surface area contributed by atoms with Gasteiger partial charge in [0.15, 0.2) is 0 Å². The van der Waals surface area contributed by atoms with E-state index in [2.05, 4.69) is 5.32 Å². The summed E-state index contributed by atoms with van der Waals surface area (Å²) in [5, 5.41) is 2.56. The molecule has 3 rings (SSSR count). The van der Waals surface area contributed by atoms with Crippen LogP contribution in [0.2, 0.25) is 0 Å². The summed E-state index contributed by atoms with van der Waals surface area (Å²) in [6.07, 6.45) is 5.83. The average molecular weight is 358 g/mol. The van der Waals surface area contributed by atoms with Crippen molar-refractivity contribution in [3.8, 4) is 0 Å². The molecular formula is C19H26N4O3. The first-order chi connectivity index (χ1) is 12.3. The Morgan fingerprint density at radius 1 is 1.15 bits per heavy atom. The first-order valence-electron chi connectivity index (χ1n) is 9.14. The lowest BCUT2D eigenvalue weighted by atomic mass is 9.89. The zero-order chi connectivity index (χ0) is 18.9. The van der Waals surface area contributed by atoms with Gasteiger partial charge in [0, 0.05) is 6.54 Å². The minimum absolute atomic E-state index is 0.380. The highest BCUT2D eigenvalue weighted by molar-refractivity contribution is 5.93. The number of hydrogen-bond donors (Lipinski definition) is 2. The van der Waals surface area contributed by atoms with Crippen LogP contribution >= 0.6 is 0 Å². The molecule has 0 bridgehead atoms. The highest BCUT2D eigenvalue weighted by Gasteiger charge is 2.30. The maximum Gasteiger partial charge on any atom is 0.337 e. The molecule has 1 saturated carbocycles. The summed E-state index contributed by atoms with van der Waals surface area (Å²) < 4.78 is 2.78. The van der Waals surface area contributed by atoms with Crippen LogP contribution in [0.5, 0.6) is 0 Å². The molecule has 0 spiro atoms. The summed E-state index contributed by atoms with van der Waals surface area (Å²) in [6.45, 7) is 3.64. The third-order valence-corrected chi connectivity index (χ3v) is 5.24. The molecule has 2 aromatic rings. The number of nitrogens with zero attached hydrogens (tertiary/aromatic N) is 2. The molecule has 1 aliphatic rings. The van der Waals surface area contributed by atoms with E-state index in [-0.39, 0.29) is 5.69 Å². The van der Waals surface area contributed by atoms with Gasteiger partial charge in [-0.3, -0.25) is 9.36 Å². The Kier molecular flexibility index (Phi) is 4.89. The second-order valence-electron chi connectivity index (χ2n) is 7.64. The first kappa shape index (κ1) is 18.2. The zero-order valence-corrected chi connectivity index (χ0v) is 15.3. The molecule has 26 heavy (non-hydrogen) atoms. The molecule has 1 aromatic carbocycles. The van der Waals surface area contributed by atoms with E-state index in [9.17, 15) is 14.4 Å². The van der Waals surface area contributed by atoms with Gasteiger partial charge in [-0.25, -0.2) is 14.2 Å². The predicted octanol–water partition coefficient (Wildman–Crippen LogP) is 2.20. The Labute approximate surface area is 152 Å². The SMILES string of the molecule is CC(C)(NC(=O)n1c(=O)n(CC2CCCCC2)c2ccccc21)C(N)=O. The molecular weight excluding hydrogens is 332 g/mol. The number of nitrogens with two attached hydrogens (primary N) is 1. The molecule has 7 heteroatoms. The summed E-state index contributed by atoms with van der Waals surface area (Å²) >= 11 is 0. The Hall–Kier alpha value is -2.57. The first-order valence-corrected chi connectivity index (χ1v) is 9.14. The third kappa shape index (κ3) is 3.38. The van der Waals surface area contributed by atoms with E-state index in [1.165, 1.54) is 33.1 Å². The van der Waals surface area contributed by atoms with Crippen molar-refractivity contribution in [1.29, 1.82) is 0 Å². The van der Waals surface area contributed by atoms with E-state index in [4.69, 9.17) is 5.73 Å². The van der Waals surface area contributed by atoms with Crippen LogP contribution < -0.4 is 16.7 Å². The number of imidazole rings is 1. The van der Waals surface area contributed by atoms with Crippen molar-refractivity contribution in [2.45, 2.75) is 58.0 Å². The Balaban J connectivity index is 2.00. The van der Waals surface area contributed by atoms with Gasteiger partial charge < -0.3 is 11.1 Å². The zero-order valence-electron chi connectivity index (χ0n) is 15.3. The highest BCUT2D eigenvalue weighted by atomic mass is 16.2. The van der Waals surface area contributed by atoms with Crippen LogP contribution in [-0.2, 0) is 11.3 Å². The van der Waals surface area contributed by atoms with E-state index in [1.807, 2.05) is 12.1 Å². The number of nitrogens with one attached hydrogen (secondary N) is 1. The van der Waals surface area contributed by atoms with Gasteiger partial charge in [0.05, 0.1) is 11.0 Å². The summed E-state index contributed by atoms with van der Waals surface area (Å²) in [4.78, 5) is 37.3. The van der Waals surface area contributed by atoms with Gasteiger partial charge in [-0.2, -0.15) is 0 Å². The number of para-hydroxylation sites is 2. The van der Waals surface area contributed by atoms with Crippen molar-refractivity contribution in [1.82, 2.24) is 14.5 Å².